The van der Waals surface area contributed by atoms with Gasteiger partial charge in [0.1, 0.15) is 5.76 Å². The second-order valence-corrected chi connectivity index (χ2v) is 8.76. The van der Waals surface area contributed by atoms with Crippen molar-refractivity contribution < 1.29 is 18.9 Å². The van der Waals surface area contributed by atoms with Gasteiger partial charge in [-0.05, 0) is 43.4 Å². The summed E-state index contributed by atoms with van der Waals surface area (Å²) >= 11 is 0. The van der Waals surface area contributed by atoms with Crippen molar-refractivity contribution in [3.05, 3.63) is 98.0 Å². The van der Waals surface area contributed by atoms with Crippen molar-refractivity contribution in [2.45, 2.75) is 39.2 Å². The van der Waals surface area contributed by atoms with Crippen LogP contribution in [0, 0.1) is 17.0 Å². The van der Waals surface area contributed by atoms with E-state index in [0.29, 0.717) is 48.7 Å². The lowest BCUT2D eigenvalue weighted by atomic mass is 9.93. The van der Waals surface area contributed by atoms with E-state index in [9.17, 15) is 19.7 Å². The van der Waals surface area contributed by atoms with Crippen molar-refractivity contribution in [1.29, 1.82) is 0 Å². The second kappa shape index (κ2) is 9.17. The summed E-state index contributed by atoms with van der Waals surface area (Å²) in [5, 5.41) is 15.3. The molecule has 0 saturated heterocycles. The van der Waals surface area contributed by atoms with Crippen LogP contribution in [0.4, 0.5) is 5.69 Å². The molecule has 9 heteroatoms. The van der Waals surface area contributed by atoms with Gasteiger partial charge in [-0.15, -0.1) is 0 Å². The molecule has 0 saturated carbocycles. The van der Waals surface area contributed by atoms with E-state index in [1.54, 1.807) is 4.90 Å². The van der Waals surface area contributed by atoms with Crippen LogP contribution in [0.15, 0.2) is 58.0 Å². The summed E-state index contributed by atoms with van der Waals surface area (Å²) in [6, 6.07) is 13.6. The molecule has 9 nitrogen and oxygen atoms in total. The van der Waals surface area contributed by atoms with Gasteiger partial charge in [-0.1, -0.05) is 30.3 Å². The summed E-state index contributed by atoms with van der Waals surface area (Å²) in [5.74, 6) is 0.316. The van der Waals surface area contributed by atoms with Crippen LogP contribution in [-0.2, 0) is 19.4 Å². The Kier molecular flexibility index (Phi) is 5.90. The first kappa shape index (κ1) is 22.5. The Hall–Kier alpha value is -4.27. The fourth-order valence-electron chi connectivity index (χ4n) is 4.74. The fourth-order valence-corrected chi connectivity index (χ4v) is 4.74. The second-order valence-electron chi connectivity index (χ2n) is 8.76. The summed E-state index contributed by atoms with van der Waals surface area (Å²) in [4.78, 5) is 38.2. The number of hydrazone groups is 1. The van der Waals surface area contributed by atoms with Gasteiger partial charge in [0.15, 0.2) is 5.76 Å². The summed E-state index contributed by atoms with van der Waals surface area (Å²) in [6.07, 6.45) is 2.88. The number of rotatable bonds is 4. The molecular formula is C26H24N4O5. The fraction of sp³-hybridized carbons (Fsp3) is 0.269. The molecule has 0 bridgehead atoms. The van der Waals surface area contributed by atoms with Crippen LogP contribution in [-0.4, -0.2) is 33.9 Å². The molecule has 2 aromatic carbocycles. The lowest BCUT2D eigenvalue weighted by Crippen LogP contribution is -2.36. The molecule has 1 aliphatic carbocycles. The molecule has 178 valence electrons. The SMILES string of the molecule is Cc1c(C(=O)N2CCc3ccccc3C2)oc2c1/C(=N/NC(=O)c1cccc([N+](=O)[O-])c1)CCC2. The zero-order valence-corrected chi connectivity index (χ0v) is 19.2. The zero-order valence-electron chi connectivity index (χ0n) is 19.2. The summed E-state index contributed by atoms with van der Waals surface area (Å²) in [6.45, 7) is 3.01. The highest BCUT2D eigenvalue weighted by molar-refractivity contribution is 6.07. The van der Waals surface area contributed by atoms with Crippen molar-refractivity contribution >= 4 is 23.2 Å². The molecule has 1 aliphatic heterocycles. The number of amides is 2. The maximum absolute atomic E-state index is 13.4. The number of nitro benzene ring substituents is 1. The predicted molar refractivity (Wildman–Crippen MR) is 128 cm³/mol. The van der Waals surface area contributed by atoms with Crippen LogP contribution < -0.4 is 5.43 Å². The Morgan fingerprint density at radius 2 is 1.89 bits per heavy atom. The maximum Gasteiger partial charge on any atom is 0.290 e. The van der Waals surface area contributed by atoms with Gasteiger partial charge in [0, 0.05) is 48.3 Å². The molecule has 0 atom stereocenters. The average Bonchev–Trinajstić information content (AvgIpc) is 3.23. The number of fused-ring (bicyclic) bond motifs is 2. The Balaban J connectivity index is 1.37. The number of nitrogens with zero attached hydrogens (tertiary/aromatic N) is 3. The minimum Gasteiger partial charge on any atom is -0.455 e. The van der Waals surface area contributed by atoms with Crippen LogP contribution in [0.25, 0.3) is 0 Å². The van der Waals surface area contributed by atoms with Gasteiger partial charge in [-0.25, -0.2) is 5.43 Å². The molecule has 1 aromatic heterocycles. The lowest BCUT2D eigenvalue weighted by molar-refractivity contribution is -0.384. The molecule has 0 unspecified atom stereocenters. The van der Waals surface area contributed by atoms with Gasteiger partial charge in [-0.2, -0.15) is 5.10 Å². The van der Waals surface area contributed by atoms with E-state index in [4.69, 9.17) is 4.42 Å². The van der Waals surface area contributed by atoms with Crippen molar-refractivity contribution in [1.82, 2.24) is 10.3 Å². The number of aryl methyl sites for hydroxylation is 1. The maximum atomic E-state index is 13.4. The van der Waals surface area contributed by atoms with Gasteiger partial charge in [-0.3, -0.25) is 19.7 Å². The van der Waals surface area contributed by atoms with Crippen molar-refractivity contribution in [2.75, 3.05) is 6.54 Å². The van der Waals surface area contributed by atoms with Gasteiger partial charge in [0.05, 0.1) is 10.6 Å². The van der Waals surface area contributed by atoms with E-state index in [-0.39, 0.29) is 17.2 Å². The number of hydrogen-bond acceptors (Lipinski definition) is 6. The summed E-state index contributed by atoms with van der Waals surface area (Å²) in [5.41, 5.74) is 7.00. The molecule has 1 N–H and O–H groups in total. The molecule has 0 fully saturated rings. The minimum atomic E-state index is -0.551. The van der Waals surface area contributed by atoms with Crippen LogP contribution in [0.2, 0.25) is 0 Å². The number of nitro groups is 1. The third-order valence-corrected chi connectivity index (χ3v) is 6.55. The summed E-state index contributed by atoms with van der Waals surface area (Å²) < 4.78 is 6.04. The molecular weight excluding hydrogens is 448 g/mol. The van der Waals surface area contributed by atoms with Gasteiger partial charge < -0.3 is 9.32 Å². The molecule has 5 rings (SSSR count). The Bertz CT molecular complexity index is 1370. The zero-order chi connectivity index (χ0) is 24.5. The molecule has 2 aliphatic rings. The van der Waals surface area contributed by atoms with Gasteiger partial charge >= 0.3 is 0 Å². The minimum absolute atomic E-state index is 0.143. The van der Waals surface area contributed by atoms with E-state index in [2.05, 4.69) is 16.6 Å². The molecule has 2 amide bonds. The van der Waals surface area contributed by atoms with Crippen LogP contribution >= 0.6 is 0 Å². The first-order valence-electron chi connectivity index (χ1n) is 11.5. The average molecular weight is 473 g/mol. The largest absolute Gasteiger partial charge is 0.455 e. The van der Waals surface area contributed by atoms with E-state index in [0.717, 1.165) is 24.0 Å². The number of nitrogens with one attached hydrogen (secondary N) is 1. The van der Waals surface area contributed by atoms with Crippen LogP contribution in [0.3, 0.4) is 0 Å². The Morgan fingerprint density at radius 3 is 2.69 bits per heavy atom. The number of furan rings is 1. The van der Waals surface area contributed by atoms with E-state index in [1.165, 1.54) is 29.8 Å². The van der Waals surface area contributed by atoms with E-state index in [1.807, 2.05) is 25.1 Å². The number of hydrogen-bond donors (Lipinski definition) is 1. The Labute approximate surface area is 201 Å². The van der Waals surface area contributed by atoms with Crippen molar-refractivity contribution in [3.63, 3.8) is 0 Å². The topological polar surface area (TPSA) is 118 Å². The highest BCUT2D eigenvalue weighted by Gasteiger charge is 2.31. The van der Waals surface area contributed by atoms with Crippen LogP contribution in [0.5, 0.6) is 0 Å². The van der Waals surface area contributed by atoms with E-state index >= 15 is 0 Å². The molecule has 0 spiro atoms. The number of carbonyl (C=O) groups excluding carboxylic acids is 2. The van der Waals surface area contributed by atoms with Gasteiger partial charge in [0.25, 0.3) is 17.5 Å². The normalized spacial score (nSPS) is 15.9. The lowest BCUT2D eigenvalue weighted by Gasteiger charge is -2.28. The Morgan fingerprint density at radius 1 is 1.09 bits per heavy atom. The predicted octanol–water partition coefficient (Wildman–Crippen LogP) is 4.17. The van der Waals surface area contributed by atoms with Crippen molar-refractivity contribution in [2.24, 2.45) is 5.10 Å². The number of carbonyl (C=O) groups is 2. The highest BCUT2D eigenvalue weighted by atomic mass is 16.6. The first-order chi connectivity index (χ1) is 16.9. The molecule has 3 aromatic rings. The van der Waals surface area contributed by atoms with Gasteiger partial charge in [0.2, 0.25) is 0 Å². The standard InChI is InChI=1S/C26H24N4O5/c1-16-23-21(27-28-25(31)18-8-4-9-20(14-18)30(33)34)10-5-11-22(23)35-24(16)26(32)29-13-12-17-6-2-3-7-19(17)15-29/h2-4,6-9,14H,5,10-13,15H2,1H3,(H,28,31)/b27-21+. The summed E-state index contributed by atoms with van der Waals surface area (Å²) in [7, 11) is 0. The first-order valence-corrected chi connectivity index (χ1v) is 11.5. The third-order valence-electron chi connectivity index (χ3n) is 6.55. The third kappa shape index (κ3) is 4.32. The smallest absolute Gasteiger partial charge is 0.290 e. The molecule has 2 heterocycles. The molecule has 0 radical (unpaired) electrons. The quantitative estimate of drug-likeness (QED) is 0.452. The molecule has 35 heavy (non-hydrogen) atoms. The van der Waals surface area contributed by atoms with Crippen molar-refractivity contribution in [3.8, 4) is 0 Å². The van der Waals surface area contributed by atoms with E-state index < -0.39 is 10.8 Å². The monoisotopic (exact) mass is 472 g/mol. The van der Waals surface area contributed by atoms with Crippen LogP contribution in [0.1, 0.15) is 61.8 Å². The highest BCUT2D eigenvalue weighted by Crippen LogP contribution is 2.31. The number of benzene rings is 2. The number of non-ortho nitro benzene ring substituents is 1.